The van der Waals surface area contributed by atoms with E-state index < -0.39 is 10.0 Å². The van der Waals surface area contributed by atoms with E-state index in [2.05, 4.69) is 0 Å². The molecule has 1 heterocycles. The fourth-order valence-electron chi connectivity index (χ4n) is 2.97. The Labute approximate surface area is 155 Å². The third-order valence-electron chi connectivity index (χ3n) is 4.42. The van der Waals surface area contributed by atoms with E-state index in [-0.39, 0.29) is 40.9 Å². The molecule has 25 heavy (non-hydrogen) atoms. The molecule has 0 radical (unpaired) electrons. The number of rotatable bonds is 5. The topological polar surface area (TPSA) is 92.9 Å². The number of halogens is 1. The van der Waals surface area contributed by atoms with Crippen molar-refractivity contribution in [3.05, 3.63) is 23.8 Å². The number of carbonyl (C=O) groups excluding carboxylic acids is 1. The highest BCUT2D eigenvalue weighted by Gasteiger charge is 2.33. The van der Waals surface area contributed by atoms with E-state index in [1.54, 1.807) is 11.0 Å². The Kier molecular flexibility index (Phi) is 7.25. The van der Waals surface area contributed by atoms with Crippen LogP contribution in [0.2, 0.25) is 0 Å². The summed E-state index contributed by atoms with van der Waals surface area (Å²) >= 11 is 0. The van der Waals surface area contributed by atoms with Gasteiger partial charge in [0.05, 0.1) is 7.11 Å². The lowest BCUT2D eigenvalue weighted by molar-refractivity contribution is 0.0743. The zero-order valence-electron chi connectivity index (χ0n) is 14.9. The summed E-state index contributed by atoms with van der Waals surface area (Å²) in [6.45, 7) is 3.11. The first-order chi connectivity index (χ1) is 11.2. The number of benzene rings is 1. The molecule has 1 aromatic rings. The van der Waals surface area contributed by atoms with Crippen molar-refractivity contribution in [2.45, 2.75) is 24.3 Å². The maximum atomic E-state index is 12.8. The molecule has 0 spiro atoms. The Morgan fingerprint density at radius 2 is 2.04 bits per heavy atom. The van der Waals surface area contributed by atoms with Gasteiger partial charge in [0.2, 0.25) is 10.0 Å². The van der Waals surface area contributed by atoms with Crippen molar-refractivity contribution in [3.8, 4) is 5.75 Å². The number of amides is 1. The molecule has 0 saturated carbocycles. The minimum Gasteiger partial charge on any atom is -0.495 e. The third-order valence-corrected chi connectivity index (χ3v) is 6.26. The summed E-state index contributed by atoms with van der Waals surface area (Å²) in [5.41, 5.74) is 6.04. The molecule has 1 aliphatic rings. The highest BCUT2D eigenvalue weighted by molar-refractivity contribution is 7.89. The second-order valence-corrected chi connectivity index (χ2v) is 8.42. The van der Waals surface area contributed by atoms with E-state index in [9.17, 15) is 13.2 Å². The lowest BCUT2D eigenvalue weighted by atomic mass is 10.1. The molecule has 2 N–H and O–H groups in total. The molecule has 2 rings (SSSR count). The standard InChI is InChI=1S/C16H25N3O4S.ClH/c1-11-7-12(9-17)10-19(11)16(20)13-5-6-14(23-4)15(8-13)24(21,22)18(2)3;/h5-6,8,11-12H,7,9-10,17H2,1-4H3;1H. The van der Waals surface area contributed by atoms with E-state index in [0.29, 0.717) is 18.7 Å². The van der Waals surface area contributed by atoms with Crippen LogP contribution in [0.4, 0.5) is 0 Å². The number of methoxy groups -OCH3 is 1. The highest BCUT2D eigenvalue weighted by Crippen LogP contribution is 2.29. The first-order valence-electron chi connectivity index (χ1n) is 7.84. The van der Waals surface area contributed by atoms with Gasteiger partial charge in [-0.2, -0.15) is 0 Å². The van der Waals surface area contributed by atoms with Gasteiger partial charge in [0, 0.05) is 32.2 Å². The van der Waals surface area contributed by atoms with Crippen molar-refractivity contribution in [3.63, 3.8) is 0 Å². The van der Waals surface area contributed by atoms with Gasteiger partial charge in [0.15, 0.2) is 0 Å². The molecular weight excluding hydrogens is 366 g/mol. The predicted molar refractivity (Wildman–Crippen MR) is 98.8 cm³/mol. The van der Waals surface area contributed by atoms with E-state index in [0.717, 1.165) is 10.7 Å². The van der Waals surface area contributed by atoms with Crippen LogP contribution < -0.4 is 10.5 Å². The molecular formula is C16H26ClN3O4S. The van der Waals surface area contributed by atoms with Gasteiger partial charge < -0.3 is 15.4 Å². The van der Waals surface area contributed by atoms with Crippen molar-refractivity contribution in [2.24, 2.45) is 11.7 Å². The highest BCUT2D eigenvalue weighted by atomic mass is 35.5. The molecule has 0 bridgehead atoms. The SMILES string of the molecule is COc1ccc(C(=O)N2CC(CN)CC2C)cc1S(=O)(=O)N(C)C.Cl. The molecule has 0 aliphatic carbocycles. The summed E-state index contributed by atoms with van der Waals surface area (Å²) in [7, 11) is 0.576. The number of hydrogen-bond donors (Lipinski definition) is 1. The maximum absolute atomic E-state index is 12.8. The summed E-state index contributed by atoms with van der Waals surface area (Å²) < 4.78 is 31.2. The summed E-state index contributed by atoms with van der Waals surface area (Å²) in [4.78, 5) is 14.5. The lowest BCUT2D eigenvalue weighted by Gasteiger charge is -2.22. The van der Waals surface area contributed by atoms with Crippen molar-refractivity contribution in [1.82, 2.24) is 9.21 Å². The van der Waals surface area contributed by atoms with Crippen LogP contribution in [0.5, 0.6) is 5.75 Å². The number of ether oxygens (including phenoxy) is 1. The van der Waals surface area contributed by atoms with Crippen LogP contribution in [0.25, 0.3) is 0 Å². The largest absolute Gasteiger partial charge is 0.495 e. The van der Waals surface area contributed by atoms with Gasteiger partial charge in [-0.25, -0.2) is 12.7 Å². The fraction of sp³-hybridized carbons (Fsp3) is 0.562. The van der Waals surface area contributed by atoms with Crippen LogP contribution in [0.1, 0.15) is 23.7 Å². The number of sulfonamides is 1. The smallest absolute Gasteiger partial charge is 0.254 e. The first kappa shape index (κ1) is 21.7. The Hall–Kier alpha value is -1.35. The quantitative estimate of drug-likeness (QED) is 0.813. The van der Waals surface area contributed by atoms with Crippen LogP contribution in [0.3, 0.4) is 0 Å². The van der Waals surface area contributed by atoms with Crippen LogP contribution in [0.15, 0.2) is 23.1 Å². The molecule has 1 fully saturated rings. The van der Waals surface area contributed by atoms with Crippen LogP contribution in [-0.4, -0.2) is 63.9 Å². The molecule has 1 saturated heterocycles. The van der Waals surface area contributed by atoms with Gasteiger partial charge in [-0.1, -0.05) is 0 Å². The Morgan fingerprint density at radius 1 is 1.40 bits per heavy atom. The minimum atomic E-state index is -3.71. The van der Waals surface area contributed by atoms with Gasteiger partial charge in [0.25, 0.3) is 5.91 Å². The molecule has 9 heteroatoms. The second-order valence-electron chi connectivity index (χ2n) is 6.30. The number of nitrogens with zero attached hydrogens (tertiary/aromatic N) is 2. The molecule has 7 nitrogen and oxygen atoms in total. The molecule has 1 aromatic carbocycles. The monoisotopic (exact) mass is 391 g/mol. The van der Waals surface area contributed by atoms with Crippen molar-refractivity contribution < 1.29 is 17.9 Å². The van der Waals surface area contributed by atoms with E-state index in [1.807, 2.05) is 6.92 Å². The van der Waals surface area contributed by atoms with Crippen LogP contribution in [-0.2, 0) is 10.0 Å². The Bertz CT molecular complexity index is 724. The maximum Gasteiger partial charge on any atom is 0.254 e. The second kappa shape index (κ2) is 8.35. The molecule has 0 aromatic heterocycles. The summed E-state index contributed by atoms with van der Waals surface area (Å²) in [5.74, 6) is 0.318. The van der Waals surface area contributed by atoms with E-state index in [1.165, 1.54) is 33.3 Å². The lowest BCUT2D eigenvalue weighted by Crippen LogP contribution is -2.34. The summed E-state index contributed by atoms with van der Waals surface area (Å²) in [5, 5.41) is 0. The minimum absolute atomic E-state index is 0. The first-order valence-corrected chi connectivity index (χ1v) is 9.28. The molecule has 1 aliphatic heterocycles. The van der Waals surface area contributed by atoms with Crippen LogP contribution in [0, 0.1) is 5.92 Å². The average molecular weight is 392 g/mol. The Balaban J connectivity index is 0.00000312. The average Bonchev–Trinajstić information content (AvgIpc) is 2.94. The zero-order chi connectivity index (χ0) is 18.1. The van der Waals surface area contributed by atoms with Gasteiger partial charge in [-0.15, -0.1) is 12.4 Å². The normalized spacial score (nSPS) is 20.5. The van der Waals surface area contributed by atoms with Crippen molar-refractivity contribution >= 4 is 28.3 Å². The van der Waals surface area contributed by atoms with Crippen LogP contribution >= 0.6 is 12.4 Å². The van der Waals surface area contributed by atoms with Gasteiger partial charge in [-0.3, -0.25) is 4.79 Å². The van der Waals surface area contributed by atoms with Gasteiger partial charge in [-0.05, 0) is 44.0 Å². The number of likely N-dealkylation sites (tertiary alicyclic amines) is 1. The van der Waals surface area contributed by atoms with Crippen molar-refractivity contribution in [2.75, 3.05) is 34.3 Å². The van der Waals surface area contributed by atoms with Crippen molar-refractivity contribution in [1.29, 1.82) is 0 Å². The molecule has 142 valence electrons. The van der Waals surface area contributed by atoms with E-state index in [4.69, 9.17) is 10.5 Å². The summed E-state index contributed by atoms with van der Waals surface area (Å²) in [6, 6.07) is 4.59. The number of nitrogens with two attached hydrogens (primary N) is 1. The van der Waals surface area contributed by atoms with E-state index >= 15 is 0 Å². The predicted octanol–water partition coefficient (Wildman–Crippen LogP) is 1.18. The molecule has 2 unspecified atom stereocenters. The van der Waals surface area contributed by atoms with Gasteiger partial charge in [0.1, 0.15) is 10.6 Å². The summed E-state index contributed by atoms with van der Waals surface area (Å²) in [6.07, 6.45) is 0.862. The Morgan fingerprint density at radius 3 is 2.52 bits per heavy atom. The molecule has 1 amide bonds. The zero-order valence-corrected chi connectivity index (χ0v) is 16.6. The number of carbonyl (C=O) groups is 1. The third kappa shape index (κ3) is 4.25. The number of hydrogen-bond acceptors (Lipinski definition) is 5. The molecule has 2 atom stereocenters. The fourth-order valence-corrected chi connectivity index (χ4v) is 4.04. The van der Waals surface area contributed by atoms with Gasteiger partial charge >= 0.3 is 0 Å².